The number of rotatable bonds is 2. The van der Waals surface area contributed by atoms with Crippen molar-refractivity contribution >= 4 is 28.8 Å². The van der Waals surface area contributed by atoms with Crippen LogP contribution in [0.15, 0.2) is 36.5 Å². The number of fused-ring (bicyclic) bond motifs is 2. The normalized spacial score (nSPS) is 13.3. The van der Waals surface area contributed by atoms with Crippen molar-refractivity contribution in [1.82, 2.24) is 14.6 Å². The maximum absolute atomic E-state index is 12.4. The van der Waals surface area contributed by atoms with Gasteiger partial charge in [0.1, 0.15) is 5.15 Å². The zero-order chi connectivity index (χ0) is 15.1. The topological polar surface area (TPSA) is 59.3 Å². The SMILES string of the molecule is O=C(Nc1ccc2c(c1)CCC2)c1cnc2ccc(Cl)nn12. The molecule has 0 saturated carbocycles. The first-order valence-electron chi connectivity index (χ1n) is 7.14. The van der Waals surface area contributed by atoms with Gasteiger partial charge in [-0.3, -0.25) is 4.79 Å². The van der Waals surface area contributed by atoms with Crippen LogP contribution in [0.25, 0.3) is 5.65 Å². The van der Waals surface area contributed by atoms with Crippen LogP contribution >= 0.6 is 11.6 Å². The molecule has 110 valence electrons. The van der Waals surface area contributed by atoms with Crippen LogP contribution < -0.4 is 5.32 Å². The van der Waals surface area contributed by atoms with E-state index < -0.39 is 0 Å². The van der Waals surface area contributed by atoms with Crippen molar-refractivity contribution in [1.29, 1.82) is 0 Å². The molecule has 6 heteroatoms. The summed E-state index contributed by atoms with van der Waals surface area (Å²) in [5.41, 5.74) is 4.43. The van der Waals surface area contributed by atoms with Gasteiger partial charge in [0.15, 0.2) is 11.3 Å². The quantitative estimate of drug-likeness (QED) is 0.791. The summed E-state index contributed by atoms with van der Waals surface area (Å²) in [4.78, 5) is 16.6. The molecule has 2 aromatic heterocycles. The molecular weight excluding hydrogens is 300 g/mol. The van der Waals surface area contributed by atoms with Crippen LogP contribution in [0.4, 0.5) is 5.69 Å². The van der Waals surface area contributed by atoms with Crippen molar-refractivity contribution in [3.8, 4) is 0 Å². The molecule has 0 bridgehead atoms. The summed E-state index contributed by atoms with van der Waals surface area (Å²) in [6.45, 7) is 0. The van der Waals surface area contributed by atoms with Gasteiger partial charge in [-0.05, 0) is 54.7 Å². The Bertz CT molecular complexity index is 887. The molecule has 0 spiro atoms. The van der Waals surface area contributed by atoms with E-state index in [0.717, 1.165) is 18.5 Å². The Kier molecular flexibility index (Phi) is 3.08. The average molecular weight is 313 g/mol. The highest BCUT2D eigenvalue weighted by Gasteiger charge is 2.15. The van der Waals surface area contributed by atoms with E-state index in [4.69, 9.17) is 11.6 Å². The minimum atomic E-state index is -0.250. The fraction of sp³-hybridized carbons (Fsp3) is 0.188. The first-order chi connectivity index (χ1) is 10.7. The van der Waals surface area contributed by atoms with Crippen LogP contribution in [0.5, 0.6) is 0 Å². The van der Waals surface area contributed by atoms with Crippen LogP contribution in [0.3, 0.4) is 0 Å². The first-order valence-corrected chi connectivity index (χ1v) is 7.52. The van der Waals surface area contributed by atoms with Gasteiger partial charge in [0, 0.05) is 5.69 Å². The minimum Gasteiger partial charge on any atom is -0.321 e. The lowest BCUT2D eigenvalue weighted by molar-refractivity contribution is 0.102. The second kappa shape index (κ2) is 5.10. The van der Waals surface area contributed by atoms with Crippen molar-refractivity contribution in [3.05, 3.63) is 58.5 Å². The number of nitrogens with zero attached hydrogens (tertiary/aromatic N) is 3. The number of carbonyl (C=O) groups is 1. The van der Waals surface area contributed by atoms with Gasteiger partial charge < -0.3 is 5.32 Å². The van der Waals surface area contributed by atoms with Gasteiger partial charge >= 0.3 is 0 Å². The smallest absolute Gasteiger partial charge is 0.276 e. The highest BCUT2D eigenvalue weighted by Crippen LogP contribution is 2.25. The maximum atomic E-state index is 12.4. The zero-order valence-corrected chi connectivity index (χ0v) is 12.5. The first kappa shape index (κ1) is 13.3. The molecule has 0 fully saturated rings. The number of aryl methyl sites for hydroxylation is 2. The predicted molar refractivity (Wildman–Crippen MR) is 84.4 cm³/mol. The van der Waals surface area contributed by atoms with Crippen molar-refractivity contribution in [2.24, 2.45) is 0 Å². The van der Waals surface area contributed by atoms with E-state index in [-0.39, 0.29) is 5.91 Å². The Morgan fingerprint density at radius 3 is 2.95 bits per heavy atom. The second-order valence-corrected chi connectivity index (χ2v) is 5.75. The maximum Gasteiger partial charge on any atom is 0.276 e. The van der Waals surface area contributed by atoms with Gasteiger partial charge in [-0.2, -0.15) is 5.10 Å². The van der Waals surface area contributed by atoms with Crippen molar-refractivity contribution < 1.29 is 4.79 Å². The number of hydrogen-bond acceptors (Lipinski definition) is 3. The Labute approximate surface area is 131 Å². The Balaban J connectivity index is 1.65. The van der Waals surface area contributed by atoms with E-state index in [9.17, 15) is 4.79 Å². The standard InChI is InChI=1S/C16H13ClN4O/c17-14-6-7-15-18-9-13(21(15)20-14)16(22)19-12-5-4-10-2-1-3-11(10)8-12/h4-9H,1-3H2,(H,19,22). The molecule has 1 aliphatic carbocycles. The average Bonchev–Trinajstić information content (AvgIpc) is 3.12. The Morgan fingerprint density at radius 2 is 2.05 bits per heavy atom. The molecule has 0 saturated heterocycles. The van der Waals surface area contributed by atoms with E-state index in [1.807, 2.05) is 12.1 Å². The molecular formula is C16H13ClN4O. The third kappa shape index (κ3) is 2.23. The Morgan fingerprint density at radius 1 is 1.18 bits per heavy atom. The number of imidazole rings is 1. The molecule has 3 aromatic rings. The highest BCUT2D eigenvalue weighted by molar-refractivity contribution is 6.29. The predicted octanol–water partition coefficient (Wildman–Crippen LogP) is 3.12. The summed E-state index contributed by atoms with van der Waals surface area (Å²) in [7, 11) is 0. The van der Waals surface area contributed by atoms with Gasteiger partial charge in [0.2, 0.25) is 0 Å². The van der Waals surface area contributed by atoms with Gasteiger partial charge in [-0.15, -0.1) is 0 Å². The molecule has 1 aliphatic rings. The molecule has 1 aromatic carbocycles. The highest BCUT2D eigenvalue weighted by atomic mass is 35.5. The van der Waals surface area contributed by atoms with Crippen molar-refractivity contribution in [2.75, 3.05) is 5.32 Å². The molecule has 4 rings (SSSR count). The molecule has 0 unspecified atom stereocenters. The zero-order valence-electron chi connectivity index (χ0n) is 11.7. The minimum absolute atomic E-state index is 0.250. The number of benzene rings is 1. The molecule has 0 atom stereocenters. The largest absolute Gasteiger partial charge is 0.321 e. The lowest BCUT2D eigenvalue weighted by atomic mass is 10.1. The van der Waals surface area contributed by atoms with Crippen LogP contribution in [0.1, 0.15) is 28.0 Å². The van der Waals surface area contributed by atoms with Crippen LogP contribution in [0, 0.1) is 0 Å². The van der Waals surface area contributed by atoms with Crippen LogP contribution in [-0.2, 0) is 12.8 Å². The molecule has 0 aliphatic heterocycles. The van der Waals surface area contributed by atoms with Gasteiger partial charge in [0.25, 0.3) is 5.91 Å². The third-order valence-corrected chi connectivity index (χ3v) is 4.12. The lowest BCUT2D eigenvalue weighted by Gasteiger charge is -2.07. The lowest BCUT2D eigenvalue weighted by Crippen LogP contribution is -2.15. The summed E-state index contributed by atoms with van der Waals surface area (Å²) in [5, 5.41) is 7.33. The van der Waals surface area contributed by atoms with E-state index in [1.165, 1.54) is 28.3 Å². The number of nitrogens with one attached hydrogen (secondary N) is 1. The van der Waals surface area contributed by atoms with Crippen LogP contribution in [-0.4, -0.2) is 20.5 Å². The fourth-order valence-electron chi connectivity index (χ4n) is 2.85. The van der Waals surface area contributed by atoms with Gasteiger partial charge in [-0.25, -0.2) is 9.50 Å². The molecule has 2 heterocycles. The van der Waals surface area contributed by atoms with Crippen molar-refractivity contribution in [2.45, 2.75) is 19.3 Å². The molecule has 1 N–H and O–H groups in total. The van der Waals surface area contributed by atoms with Gasteiger partial charge in [0.05, 0.1) is 6.20 Å². The number of carbonyl (C=O) groups excluding carboxylic acids is 1. The summed E-state index contributed by atoms with van der Waals surface area (Å²) >= 11 is 5.88. The molecule has 0 radical (unpaired) electrons. The number of anilines is 1. The monoisotopic (exact) mass is 312 g/mol. The van der Waals surface area contributed by atoms with Gasteiger partial charge in [-0.1, -0.05) is 17.7 Å². The van der Waals surface area contributed by atoms with E-state index >= 15 is 0 Å². The molecule has 5 nitrogen and oxygen atoms in total. The number of hydrogen-bond donors (Lipinski definition) is 1. The van der Waals surface area contributed by atoms with Crippen LogP contribution in [0.2, 0.25) is 5.15 Å². The summed E-state index contributed by atoms with van der Waals surface area (Å²) < 4.78 is 1.45. The summed E-state index contributed by atoms with van der Waals surface area (Å²) in [6, 6.07) is 9.44. The van der Waals surface area contributed by atoms with Crippen molar-refractivity contribution in [3.63, 3.8) is 0 Å². The summed E-state index contributed by atoms with van der Waals surface area (Å²) in [6.07, 6.45) is 4.88. The Hall–Kier alpha value is -2.40. The number of aromatic nitrogens is 3. The third-order valence-electron chi connectivity index (χ3n) is 3.92. The van der Waals surface area contributed by atoms with E-state index in [1.54, 1.807) is 12.1 Å². The van der Waals surface area contributed by atoms with E-state index in [0.29, 0.717) is 16.5 Å². The van der Waals surface area contributed by atoms with E-state index in [2.05, 4.69) is 21.5 Å². The number of amides is 1. The second-order valence-electron chi connectivity index (χ2n) is 5.36. The molecule has 1 amide bonds. The summed E-state index contributed by atoms with van der Waals surface area (Å²) in [5.74, 6) is -0.250. The molecule has 22 heavy (non-hydrogen) atoms. The fourth-order valence-corrected chi connectivity index (χ4v) is 2.99. The number of halogens is 1.